The smallest absolute Gasteiger partial charge is 0.193 e. The van der Waals surface area contributed by atoms with E-state index in [1.54, 1.807) is 0 Å². The second-order valence-corrected chi connectivity index (χ2v) is 5.83. The molecule has 1 spiro atoms. The average Bonchev–Trinajstić information content (AvgIpc) is 2.86. The summed E-state index contributed by atoms with van der Waals surface area (Å²) in [7, 11) is 0. The van der Waals surface area contributed by atoms with E-state index in [1.807, 2.05) is 0 Å². The molecule has 0 aromatic heterocycles. The predicted octanol–water partition coefficient (Wildman–Crippen LogP) is 1.42. The van der Waals surface area contributed by atoms with Crippen molar-refractivity contribution in [3.8, 4) is 0 Å². The summed E-state index contributed by atoms with van der Waals surface area (Å²) < 4.78 is 6.14. The molecule has 1 saturated heterocycles. The fourth-order valence-electron chi connectivity index (χ4n) is 2.72. The topological polar surface area (TPSA) is 97.5 Å². The van der Waals surface area contributed by atoms with Crippen LogP contribution in [0.5, 0.6) is 0 Å². The first-order valence-corrected chi connectivity index (χ1v) is 7.07. The SMILES string of the molecule is N=C(N=C(N)N)SCC1CCC2(CCCC2)O1. The number of nitrogens with two attached hydrogens (primary N) is 2. The molecule has 0 bridgehead atoms. The van der Waals surface area contributed by atoms with Crippen molar-refractivity contribution < 1.29 is 4.74 Å². The summed E-state index contributed by atoms with van der Waals surface area (Å²) in [5, 5.41) is 7.71. The molecule has 5 N–H and O–H groups in total. The normalized spacial score (nSPS) is 26.2. The highest BCUT2D eigenvalue weighted by molar-refractivity contribution is 8.13. The number of rotatable bonds is 2. The number of aliphatic imine (C=N–C) groups is 1. The first-order valence-electron chi connectivity index (χ1n) is 6.08. The minimum atomic E-state index is -0.0536. The number of hydrogen-bond acceptors (Lipinski definition) is 3. The van der Waals surface area contributed by atoms with Gasteiger partial charge in [-0.2, -0.15) is 4.99 Å². The van der Waals surface area contributed by atoms with Crippen molar-refractivity contribution in [3.05, 3.63) is 0 Å². The summed E-state index contributed by atoms with van der Waals surface area (Å²) in [4.78, 5) is 3.69. The molecular formula is C11H20N4OS. The summed E-state index contributed by atoms with van der Waals surface area (Å²) >= 11 is 1.35. The van der Waals surface area contributed by atoms with Crippen LogP contribution in [0.1, 0.15) is 38.5 Å². The molecule has 1 aliphatic heterocycles. The molecule has 1 atom stereocenters. The molecule has 1 heterocycles. The Labute approximate surface area is 106 Å². The zero-order chi connectivity index (χ0) is 12.3. The van der Waals surface area contributed by atoms with E-state index in [2.05, 4.69) is 4.99 Å². The highest BCUT2D eigenvalue weighted by Gasteiger charge is 2.41. The number of ether oxygens (including phenoxy) is 1. The van der Waals surface area contributed by atoms with Crippen LogP contribution in [-0.4, -0.2) is 28.6 Å². The van der Waals surface area contributed by atoms with E-state index in [0.29, 0.717) is 0 Å². The van der Waals surface area contributed by atoms with E-state index in [0.717, 1.165) is 12.2 Å². The second-order valence-electron chi connectivity index (χ2n) is 4.82. The molecule has 17 heavy (non-hydrogen) atoms. The molecule has 5 nitrogen and oxygen atoms in total. The molecule has 0 amide bonds. The van der Waals surface area contributed by atoms with Crippen LogP contribution >= 0.6 is 11.8 Å². The van der Waals surface area contributed by atoms with Crippen molar-refractivity contribution in [2.75, 3.05) is 5.75 Å². The molecule has 2 aliphatic rings. The van der Waals surface area contributed by atoms with Gasteiger partial charge >= 0.3 is 0 Å². The maximum Gasteiger partial charge on any atom is 0.193 e. The Hall–Kier alpha value is -0.750. The van der Waals surface area contributed by atoms with Gasteiger partial charge in [0.1, 0.15) is 0 Å². The molecular weight excluding hydrogens is 236 g/mol. The minimum absolute atomic E-state index is 0.0536. The van der Waals surface area contributed by atoms with Crippen molar-refractivity contribution in [2.45, 2.75) is 50.2 Å². The Bertz CT molecular complexity index is 321. The van der Waals surface area contributed by atoms with E-state index >= 15 is 0 Å². The molecule has 0 radical (unpaired) electrons. The van der Waals surface area contributed by atoms with Crippen molar-refractivity contribution >= 4 is 22.9 Å². The Kier molecular flexibility index (Phi) is 3.93. The number of hydrogen-bond donors (Lipinski definition) is 3. The van der Waals surface area contributed by atoms with Crippen LogP contribution in [0.4, 0.5) is 0 Å². The van der Waals surface area contributed by atoms with Crippen LogP contribution in [0.25, 0.3) is 0 Å². The van der Waals surface area contributed by atoms with Gasteiger partial charge in [-0.05, 0) is 25.7 Å². The maximum atomic E-state index is 7.54. The van der Waals surface area contributed by atoms with Gasteiger partial charge < -0.3 is 16.2 Å². The predicted molar refractivity (Wildman–Crippen MR) is 71.3 cm³/mol. The molecule has 96 valence electrons. The van der Waals surface area contributed by atoms with Crippen molar-refractivity contribution in [2.24, 2.45) is 16.5 Å². The van der Waals surface area contributed by atoms with Gasteiger partial charge in [-0.3, -0.25) is 5.41 Å². The van der Waals surface area contributed by atoms with Crippen LogP contribution in [0.15, 0.2) is 4.99 Å². The quantitative estimate of drug-likeness (QED) is 0.514. The fourth-order valence-corrected chi connectivity index (χ4v) is 3.47. The third-order valence-electron chi connectivity index (χ3n) is 3.49. The van der Waals surface area contributed by atoms with Gasteiger partial charge in [0.15, 0.2) is 11.1 Å². The van der Waals surface area contributed by atoms with E-state index < -0.39 is 0 Å². The van der Waals surface area contributed by atoms with E-state index in [9.17, 15) is 0 Å². The average molecular weight is 256 g/mol. The fraction of sp³-hybridized carbons (Fsp3) is 0.818. The Morgan fingerprint density at radius 2 is 2.06 bits per heavy atom. The minimum Gasteiger partial charge on any atom is -0.371 e. The summed E-state index contributed by atoms with van der Waals surface area (Å²) in [6.45, 7) is 0. The largest absolute Gasteiger partial charge is 0.371 e. The number of nitrogens with zero attached hydrogens (tertiary/aromatic N) is 1. The maximum absolute atomic E-state index is 7.54. The lowest BCUT2D eigenvalue weighted by Crippen LogP contribution is -2.26. The Morgan fingerprint density at radius 3 is 2.71 bits per heavy atom. The Balaban J connectivity index is 1.75. The monoisotopic (exact) mass is 256 g/mol. The number of nitrogens with one attached hydrogen (secondary N) is 1. The summed E-state index contributed by atoms with van der Waals surface area (Å²) in [5.74, 6) is 0.722. The molecule has 6 heteroatoms. The highest BCUT2D eigenvalue weighted by Crippen LogP contribution is 2.43. The van der Waals surface area contributed by atoms with Crippen LogP contribution in [-0.2, 0) is 4.74 Å². The molecule has 0 aromatic carbocycles. The van der Waals surface area contributed by atoms with E-state index in [-0.39, 0.29) is 22.8 Å². The third-order valence-corrected chi connectivity index (χ3v) is 4.39. The second kappa shape index (κ2) is 5.27. The van der Waals surface area contributed by atoms with Crippen molar-refractivity contribution in [3.63, 3.8) is 0 Å². The van der Waals surface area contributed by atoms with Gasteiger partial charge in [0.2, 0.25) is 0 Å². The van der Waals surface area contributed by atoms with Gasteiger partial charge in [0.05, 0.1) is 11.7 Å². The molecule has 1 saturated carbocycles. The zero-order valence-corrected chi connectivity index (χ0v) is 10.8. The first-order chi connectivity index (χ1) is 8.10. The summed E-state index contributed by atoms with van der Waals surface area (Å²) in [6.07, 6.45) is 7.54. The number of thioether (sulfide) groups is 1. The third kappa shape index (κ3) is 3.35. The van der Waals surface area contributed by atoms with E-state index in [1.165, 1.54) is 43.9 Å². The van der Waals surface area contributed by atoms with Gasteiger partial charge in [-0.1, -0.05) is 24.6 Å². The lowest BCUT2D eigenvalue weighted by molar-refractivity contribution is -0.0267. The van der Waals surface area contributed by atoms with Crippen LogP contribution in [0.3, 0.4) is 0 Å². The van der Waals surface area contributed by atoms with Gasteiger partial charge in [-0.25, -0.2) is 0 Å². The van der Waals surface area contributed by atoms with Crippen molar-refractivity contribution in [1.82, 2.24) is 0 Å². The van der Waals surface area contributed by atoms with Gasteiger partial charge in [0.25, 0.3) is 0 Å². The van der Waals surface area contributed by atoms with Gasteiger partial charge in [-0.15, -0.1) is 0 Å². The standard InChI is InChI=1S/C11H20N4OS/c12-9(13)15-10(14)17-7-8-3-6-11(16-8)4-1-2-5-11/h8H,1-7H2,(H5,12,13,14,15). The molecule has 0 aromatic rings. The van der Waals surface area contributed by atoms with Crippen molar-refractivity contribution in [1.29, 1.82) is 5.41 Å². The highest BCUT2D eigenvalue weighted by atomic mass is 32.2. The summed E-state index contributed by atoms with van der Waals surface area (Å²) in [5.41, 5.74) is 10.6. The lowest BCUT2D eigenvalue weighted by atomic mass is 9.98. The molecule has 2 rings (SSSR count). The summed E-state index contributed by atoms with van der Waals surface area (Å²) in [6, 6.07) is 0. The lowest BCUT2D eigenvalue weighted by Gasteiger charge is -2.23. The van der Waals surface area contributed by atoms with E-state index in [4.69, 9.17) is 21.6 Å². The van der Waals surface area contributed by atoms with Crippen LogP contribution in [0, 0.1) is 5.41 Å². The van der Waals surface area contributed by atoms with Crippen LogP contribution < -0.4 is 11.5 Å². The molecule has 2 fully saturated rings. The number of amidine groups is 1. The Morgan fingerprint density at radius 1 is 1.35 bits per heavy atom. The van der Waals surface area contributed by atoms with Crippen LogP contribution in [0.2, 0.25) is 0 Å². The molecule has 1 aliphatic carbocycles. The zero-order valence-electron chi connectivity index (χ0n) is 9.95. The van der Waals surface area contributed by atoms with Gasteiger partial charge in [0, 0.05) is 5.75 Å². The number of guanidine groups is 1. The first kappa shape index (κ1) is 12.7. The molecule has 1 unspecified atom stereocenters.